The minimum atomic E-state index is -0.392. The Bertz CT molecular complexity index is 924. The van der Waals surface area contributed by atoms with Gasteiger partial charge in [0.2, 0.25) is 0 Å². The highest BCUT2D eigenvalue weighted by Crippen LogP contribution is 2.32. The van der Waals surface area contributed by atoms with E-state index in [0.717, 1.165) is 11.1 Å². The molecule has 3 rings (SSSR count). The van der Waals surface area contributed by atoms with Crippen LogP contribution >= 0.6 is 0 Å². The second kappa shape index (κ2) is 9.05. The fourth-order valence-corrected chi connectivity index (χ4v) is 2.91. The molecule has 3 aromatic rings. The fourth-order valence-electron chi connectivity index (χ4n) is 2.91. The lowest BCUT2D eigenvalue weighted by atomic mass is 10.1. The Labute approximate surface area is 163 Å². The van der Waals surface area contributed by atoms with Gasteiger partial charge in [0.05, 0.1) is 32.6 Å². The molecule has 0 unspecified atom stereocenters. The Morgan fingerprint density at radius 3 is 2.61 bits per heavy atom. The summed E-state index contributed by atoms with van der Waals surface area (Å²) >= 11 is 0. The first-order valence-corrected chi connectivity index (χ1v) is 8.88. The Morgan fingerprint density at radius 1 is 1.14 bits per heavy atom. The number of nitrogens with one attached hydrogen (secondary N) is 2. The molecule has 0 aliphatic rings. The summed E-state index contributed by atoms with van der Waals surface area (Å²) in [4.78, 5) is 12.6. The maximum Gasteiger partial charge on any atom is 0.269 e. The van der Waals surface area contributed by atoms with Crippen molar-refractivity contribution >= 4 is 5.91 Å². The van der Waals surface area contributed by atoms with Gasteiger partial charge in [-0.25, -0.2) is 0 Å². The normalized spacial score (nSPS) is 11.7. The molecule has 0 saturated heterocycles. The second-order valence-electron chi connectivity index (χ2n) is 6.28. The van der Waals surface area contributed by atoms with Gasteiger partial charge in [0.15, 0.2) is 0 Å². The molecule has 7 nitrogen and oxygen atoms in total. The van der Waals surface area contributed by atoms with E-state index in [9.17, 15) is 9.90 Å². The lowest BCUT2D eigenvalue weighted by molar-refractivity contribution is 0.0911. The summed E-state index contributed by atoms with van der Waals surface area (Å²) in [6, 6.07) is 16.3. The van der Waals surface area contributed by atoms with Gasteiger partial charge < -0.3 is 19.9 Å². The monoisotopic (exact) mass is 381 g/mol. The molecule has 1 amide bonds. The molecular formula is C21H23N3O4. The van der Waals surface area contributed by atoms with Crippen molar-refractivity contribution in [3.8, 4) is 22.8 Å². The maximum atomic E-state index is 12.6. The molecule has 146 valence electrons. The number of amides is 1. The molecule has 0 spiro atoms. The number of methoxy groups -OCH3 is 2. The van der Waals surface area contributed by atoms with Crippen molar-refractivity contribution in [1.29, 1.82) is 0 Å². The number of nitrogens with zero attached hydrogens (tertiary/aromatic N) is 1. The first kappa shape index (κ1) is 19.4. The van der Waals surface area contributed by atoms with E-state index in [0.29, 0.717) is 29.3 Å². The first-order chi connectivity index (χ1) is 13.6. The van der Waals surface area contributed by atoms with E-state index in [2.05, 4.69) is 15.5 Å². The largest absolute Gasteiger partial charge is 0.497 e. The average molecular weight is 381 g/mol. The van der Waals surface area contributed by atoms with Gasteiger partial charge in [-0.3, -0.25) is 9.89 Å². The number of aromatic amines is 1. The average Bonchev–Trinajstić information content (AvgIpc) is 3.23. The van der Waals surface area contributed by atoms with Crippen LogP contribution in [0.4, 0.5) is 0 Å². The minimum Gasteiger partial charge on any atom is -0.497 e. The molecule has 0 fully saturated rings. The molecule has 0 bridgehead atoms. The van der Waals surface area contributed by atoms with Crippen LogP contribution in [0.1, 0.15) is 16.1 Å². The number of aliphatic hydroxyl groups excluding tert-OH is 1. The molecule has 2 aromatic carbocycles. The Balaban J connectivity index is 1.73. The van der Waals surface area contributed by atoms with E-state index in [1.54, 1.807) is 32.4 Å². The van der Waals surface area contributed by atoms with Gasteiger partial charge in [-0.2, -0.15) is 5.10 Å². The van der Waals surface area contributed by atoms with Crippen molar-refractivity contribution in [3.63, 3.8) is 0 Å². The molecule has 7 heteroatoms. The molecule has 0 aliphatic heterocycles. The topological polar surface area (TPSA) is 96.5 Å². The predicted molar refractivity (Wildman–Crippen MR) is 106 cm³/mol. The SMILES string of the molecule is COc1ccc(-c2cc(C(=O)N[C@@H](CO)Cc3ccccc3)[nH]n2)c(OC)c1. The molecule has 0 saturated carbocycles. The zero-order valence-electron chi connectivity index (χ0n) is 15.8. The van der Waals surface area contributed by atoms with Crippen LogP contribution in [0.2, 0.25) is 0 Å². The summed E-state index contributed by atoms with van der Waals surface area (Å²) in [6.45, 7) is -0.159. The van der Waals surface area contributed by atoms with E-state index >= 15 is 0 Å². The quantitative estimate of drug-likeness (QED) is 0.557. The number of hydrogen-bond donors (Lipinski definition) is 3. The van der Waals surface area contributed by atoms with Crippen LogP contribution in [0.5, 0.6) is 11.5 Å². The highest BCUT2D eigenvalue weighted by atomic mass is 16.5. The molecule has 28 heavy (non-hydrogen) atoms. The molecule has 0 aliphatic carbocycles. The highest BCUT2D eigenvalue weighted by Gasteiger charge is 2.18. The van der Waals surface area contributed by atoms with E-state index in [4.69, 9.17) is 9.47 Å². The van der Waals surface area contributed by atoms with Crippen molar-refractivity contribution in [1.82, 2.24) is 15.5 Å². The number of H-pyrrole nitrogens is 1. The minimum absolute atomic E-state index is 0.159. The summed E-state index contributed by atoms with van der Waals surface area (Å²) in [5.41, 5.74) is 2.66. The van der Waals surface area contributed by atoms with E-state index in [1.165, 1.54) is 0 Å². The van der Waals surface area contributed by atoms with Crippen LogP contribution in [-0.2, 0) is 6.42 Å². The van der Waals surface area contributed by atoms with Crippen LogP contribution in [0, 0.1) is 0 Å². The van der Waals surface area contributed by atoms with Gasteiger partial charge in [0, 0.05) is 11.6 Å². The van der Waals surface area contributed by atoms with Crippen molar-refractivity contribution < 1.29 is 19.4 Å². The fraction of sp³-hybridized carbons (Fsp3) is 0.238. The zero-order chi connectivity index (χ0) is 19.9. The van der Waals surface area contributed by atoms with E-state index < -0.39 is 6.04 Å². The third-order valence-electron chi connectivity index (χ3n) is 4.39. The summed E-state index contributed by atoms with van der Waals surface area (Å²) in [6.07, 6.45) is 0.538. The molecule has 0 radical (unpaired) electrons. The molecule has 1 heterocycles. The van der Waals surface area contributed by atoms with Crippen LogP contribution in [-0.4, -0.2) is 48.1 Å². The smallest absolute Gasteiger partial charge is 0.269 e. The first-order valence-electron chi connectivity index (χ1n) is 8.88. The van der Waals surface area contributed by atoms with Gasteiger partial charge in [-0.15, -0.1) is 0 Å². The maximum absolute atomic E-state index is 12.6. The number of carbonyl (C=O) groups excluding carboxylic acids is 1. The van der Waals surface area contributed by atoms with Crippen molar-refractivity contribution in [2.75, 3.05) is 20.8 Å². The Morgan fingerprint density at radius 2 is 1.93 bits per heavy atom. The van der Waals surface area contributed by atoms with Gasteiger partial charge in [-0.05, 0) is 30.2 Å². The number of ether oxygens (including phenoxy) is 2. The van der Waals surface area contributed by atoms with Crippen molar-refractivity contribution in [2.45, 2.75) is 12.5 Å². The van der Waals surface area contributed by atoms with Gasteiger partial charge in [0.1, 0.15) is 17.2 Å². The van der Waals surface area contributed by atoms with Gasteiger partial charge in [0.25, 0.3) is 5.91 Å². The molecular weight excluding hydrogens is 358 g/mol. The van der Waals surface area contributed by atoms with Gasteiger partial charge in [-0.1, -0.05) is 30.3 Å². The molecule has 1 aromatic heterocycles. The Hall–Kier alpha value is -3.32. The Kier molecular flexibility index (Phi) is 6.29. The summed E-state index contributed by atoms with van der Waals surface area (Å²) < 4.78 is 10.6. The third kappa shape index (κ3) is 4.50. The summed E-state index contributed by atoms with van der Waals surface area (Å²) in [7, 11) is 3.15. The van der Waals surface area contributed by atoms with E-state index in [1.807, 2.05) is 36.4 Å². The second-order valence-corrected chi connectivity index (χ2v) is 6.28. The van der Waals surface area contributed by atoms with Crippen LogP contribution in [0.3, 0.4) is 0 Å². The van der Waals surface area contributed by atoms with E-state index in [-0.39, 0.29) is 12.5 Å². The number of aromatic nitrogens is 2. The van der Waals surface area contributed by atoms with Crippen LogP contribution < -0.4 is 14.8 Å². The zero-order valence-corrected chi connectivity index (χ0v) is 15.8. The van der Waals surface area contributed by atoms with Crippen molar-refractivity contribution in [2.24, 2.45) is 0 Å². The lowest BCUT2D eigenvalue weighted by Crippen LogP contribution is -2.39. The number of carbonyl (C=O) groups is 1. The lowest BCUT2D eigenvalue weighted by Gasteiger charge is -2.15. The number of hydrogen-bond acceptors (Lipinski definition) is 5. The number of aliphatic hydroxyl groups is 1. The summed E-state index contributed by atoms with van der Waals surface area (Å²) in [5, 5.41) is 19.4. The van der Waals surface area contributed by atoms with Crippen LogP contribution in [0.15, 0.2) is 54.6 Å². The summed E-state index contributed by atoms with van der Waals surface area (Å²) in [5.74, 6) is 0.928. The standard InChI is InChI=1S/C21H23N3O4/c1-27-16-8-9-17(20(11-16)28-2)18-12-19(24-23-18)21(26)22-15(13-25)10-14-6-4-3-5-7-14/h3-9,11-12,15,25H,10,13H2,1-2H3,(H,22,26)(H,23,24)/t15-/m1/s1. The molecule has 3 N–H and O–H groups in total. The van der Waals surface area contributed by atoms with Crippen LogP contribution in [0.25, 0.3) is 11.3 Å². The predicted octanol–water partition coefficient (Wildman–Crippen LogP) is 2.43. The number of rotatable bonds is 8. The van der Waals surface area contributed by atoms with Gasteiger partial charge >= 0.3 is 0 Å². The van der Waals surface area contributed by atoms with Crippen molar-refractivity contribution in [3.05, 3.63) is 65.9 Å². The highest BCUT2D eigenvalue weighted by molar-refractivity contribution is 5.93. The third-order valence-corrected chi connectivity index (χ3v) is 4.39. The number of benzene rings is 2. The molecule has 1 atom stereocenters.